The Labute approximate surface area is 159 Å². The van der Waals surface area contributed by atoms with Crippen LogP contribution in [0.25, 0.3) is 10.9 Å². The van der Waals surface area contributed by atoms with Crippen LogP contribution in [-0.4, -0.2) is 22.3 Å². The first-order chi connectivity index (χ1) is 12.5. The van der Waals surface area contributed by atoms with Gasteiger partial charge in [-0.25, -0.2) is 0 Å². The first-order valence-corrected chi connectivity index (χ1v) is 9.52. The summed E-state index contributed by atoms with van der Waals surface area (Å²) in [6, 6.07) is 12.4. The van der Waals surface area contributed by atoms with Gasteiger partial charge in [-0.1, -0.05) is 35.4 Å². The third kappa shape index (κ3) is 3.24. The number of hydrogen-bond donors (Lipinski definition) is 1. The van der Waals surface area contributed by atoms with Crippen molar-refractivity contribution < 1.29 is 4.79 Å². The minimum absolute atomic E-state index is 0.229. The first-order valence-electron chi connectivity index (χ1n) is 9.14. The molecule has 0 fully saturated rings. The van der Waals surface area contributed by atoms with Gasteiger partial charge in [0.15, 0.2) is 0 Å². The van der Waals surface area contributed by atoms with Crippen molar-refractivity contribution in [2.75, 3.05) is 6.54 Å². The third-order valence-corrected chi connectivity index (χ3v) is 5.63. The van der Waals surface area contributed by atoms with Gasteiger partial charge in [0.05, 0.1) is 0 Å². The van der Waals surface area contributed by atoms with E-state index in [2.05, 4.69) is 37.0 Å². The maximum Gasteiger partial charge on any atom is 0.223 e. The number of aromatic nitrogens is 1. The number of aromatic amines is 1. The molecule has 0 saturated carbocycles. The molecule has 4 rings (SSSR count). The van der Waals surface area contributed by atoms with Crippen LogP contribution in [0.15, 0.2) is 36.4 Å². The van der Waals surface area contributed by atoms with Crippen molar-refractivity contribution in [1.29, 1.82) is 0 Å². The van der Waals surface area contributed by atoms with Gasteiger partial charge in [0.2, 0.25) is 5.91 Å². The molecule has 1 aromatic heterocycles. The highest BCUT2D eigenvalue weighted by atomic mass is 35.5. The van der Waals surface area contributed by atoms with E-state index in [1.165, 1.54) is 27.9 Å². The van der Waals surface area contributed by atoms with Gasteiger partial charge in [-0.15, -0.1) is 0 Å². The molecule has 2 heterocycles. The number of carbonyl (C=O) groups is 1. The van der Waals surface area contributed by atoms with E-state index in [9.17, 15) is 4.79 Å². The van der Waals surface area contributed by atoms with Gasteiger partial charge in [-0.2, -0.15) is 0 Å². The molecule has 0 atom stereocenters. The van der Waals surface area contributed by atoms with E-state index >= 15 is 0 Å². The number of nitrogens with one attached hydrogen (secondary N) is 1. The summed E-state index contributed by atoms with van der Waals surface area (Å²) in [4.78, 5) is 18.2. The number of amides is 1. The van der Waals surface area contributed by atoms with Gasteiger partial charge in [0, 0.05) is 53.1 Å². The van der Waals surface area contributed by atoms with Gasteiger partial charge in [0.1, 0.15) is 0 Å². The fourth-order valence-corrected chi connectivity index (χ4v) is 4.10. The van der Waals surface area contributed by atoms with Crippen molar-refractivity contribution in [3.05, 3.63) is 69.4 Å². The third-order valence-electron chi connectivity index (χ3n) is 5.40. The molecule has 0 aliphatic carbocycles. The van der Waals surface area contributed by atoms with E-state index < -0.39 is 0 Å². The summed E-state index contributed by atoms with van der Waals surface area (Å²) in [7, 11) is 0. The van der Waals surface area contributed by atoms with Crippen LogP contribution in [0, 0.1) is 13.8 Å². The monoisotopic (exact) mass is 366 g/mol. The van der Waals surface area contributed by atoms with Crippen molar-refractivity contribution >= 4 is 28.4 Å². The summed E-state index contributed by atoms with van der Waals surface area (Å²) in [5, 5.41) is 1.87. The molecular weight excluding hydrogens is 344 g/mol. The molecule has 4 heteroatoms. The van der Waals surface area contributed by atoms with Crippen LogP contribution in [0.1, 0.15) is 34.4 Å². The lowest BCUT2D eigenvalue weighted by Gasteiger charge is -2.27. The van der Waals surface area contributed by atoms with Gasteiger partial charge in [-0.05, 0) is 49.6 Å². The molecule has 0 radical (unpaired) electrons. The minimum atomic E-state index is 0.229. The smallest absolute Gasteiger partial charge is 0.223 e. The van der Waals surface area contributed by atoms with E-state index in [0.717, 1.165) is 35.3 Å². The number of benzene rings is 2. The summed E-state index contributed by atoms with van der Waals surface area (Å²) < 4.78 is 0. The fraction of sp³-hybridized carbons (Fsp3) is 0.318. The summed E-state index contributed by atoms with van der Waals surface area (Å²) in [5.41, 5.74) is 7.35. The molecule has 3 aromatic rings. The van der Waals surface area contributed by atoms with Gasteiger partial charge in [0.25, 0.3) is 0 Å². The second kappa shape index (κ2) is 6.81. The number of nitrogens with zero attached hydrogens (tertiary/aromatic N) is 1. The van der Waals surface area contributed by atoms with Crippen molar-refractivity contribution in [1.82, 2.24) is 9.88 Å². The van der Waals surface area contributed by atoms with Gasteiger partial charge >= 0.3 is 0 Å². The minimum Gasteiger partial charge on any atom is -0.358 e. The van der Waals surface area contributed by atoms with Crippen LogP contribution in [0.4, 0.5) is 0 Å². The maximum atomic E-state index is 12.8. The Kier molecular flexibility index (Phi) is 4.49. The van der Waals surface area contributed by atoms with E-state index in [0.29, 0.717) is 13.0 Å². The van der Waals surface area contributed by atoms with Crippen LogP contribution in [0.5, 0.6) is 0 Å². The average molecular weight is 367 g/mol. The summed E-state index contributed by atoms with van der Waals surface area (Å²) in [6.07, 6.45) is 2.23. The number of carbonyl (C=O) groups excluding carboxylic acids is 1. The number of hydrogen-bond acceptors (Lipinski definition) is 1. The molecule has 0 spiro atoms. The zero-order chi connectivity index (χ0) is 18.3. The highest BCUT2D eigenvalue weighted by Gasteiger charge is 2.24. The highest BCUT2D eigenvalue weighted by Crippen LogP contribution is 2.30. The number of aryl methyl sites for hydroxylation is 3. The molecule has 26 heavy (non-hydrogen) atoms. The number of rotatable bonds is 3. The second-order valence-corrected chi connectivity index (χ2v) is 7.70. The average Bonchev–Trinajstić information content (AvgIpc) is 2.98. The van der Waals surface area contributed by atoms with Crippen molar-refractivity contribution in [3.63, 3.8) is 0 Å². The van der Waals surface area contributed by atoms with E-state index in [1.54, 1.807) is 0 Å². The normalized spacial score (nSPS) is 13.9. The quantitative estimate of drug-likeness (QED) is 0.699. The SMILES string of the molecule is Cc1ccc(CCC(=O)N2CCc3[nH]c4ccc(Cl)cc4c3C2)c(C)c1. The van der Waals surface area contributed by atoms with Crippen molar-refractivity contribution in [2.24, 2.45) is 0 Å². The molecule has 3 nitrogen and oxygen atoms in total. The lowest BCUT2D eigenvalue weighted by atomic mass is 10.0. The highest BCUT2D eigenvalue weighted by molar-refractivity contribution is 6.31. The second-order valence-electron chi connectivity index (χ2n) is 7.27. The standard InChI is InChI=1S/C22H23ClN2O/c1-14-3-4-16(15(2)11-14)5-8-22(26)25-10-9-21-19(13-25)18-12-17(23)6-7-20(18)24-21/h3-4,6-7,11-12,24H,5,8-10,13H2,1-2H3. The Bertz CT molecular complexity index is 989. The zero-order valence-corrected chi connectivity index (χ0v) is 16.0. The number of halogens is 1. The van der Waals surface area contributed by atoms with E-state index in [-0.39, 0.29) is 5.91 Å². The Morgan fingerprint density at radius 1 is 1.19 bits per heavy atom. The molecule has 2 aromatic carbocycles. The molecule has 0 unspecified atom stereocenters. The molecular formula is C22H23ClN2O. The number of H-pyrrole nitrogens is 1. The molecule has 134 valence electrons. The van der Waals surface area contributed by atoms with E-state index in [1.807, 2.05) is 23.1 Å². The topological polar surface area (TPSA) is 36.1 Å². The van der Waals surface area contributed by atoms with Crippen LogP contribution in [0.3, 0.4) is 0 Å². The van der Waals surface area contributed by atoms with Crippen molar-refractivity contribution in [2.45, 2.75) is 39.7 Å². The Morgan fingerprint density at radius 3 is 2.85 bits per heavy atom. The summed E-state index contributed by atoms with van der Waals surface area (Å²) >= 11 is 6.17. The molecule has 1 aliphatic rings. The lowest BCUT2D eigenvalue weighted by molar-refractivity contribution is -0.132. The van der Waals surface area contributed by atoms with Gasteiger partial charge in [-0.3, -0.25) is 4.79 Å². The maximum absolute atomic E-state index is 12.8. The van der Waals surface area contributed by atoms with E-state index in [4.69, 9.17) is 11.6 Å². The summed E-state index contributed by atoms with van der Waals surface area (Å²) in [6.45, 7) is 5.66. The van der Waals surface area contributed by atoms with Crippen LogP contribution in [-0.2, 0) is 24.2 Å². The Hall–Kier alpha value is -2.26. The zero-order valence-electron chi connectivity index (χ0n) is 15.2. The van der Waals surface area contributed by atoms with Crippen LogP contribution >= 0.6 is 11.6 Å². The largest absolute Gasteiger partial charge is 0.358 e. The predicted octanol–water partition coefficient (Wildman–Crippen LogP) is 4.96. The lowest BCUT2D eigenvalue weighted by Crippen LogP contribution is -2.35. The summed E-state index contributed by atoms with van der Waals surface area (Å²) in [5.74, 6) is 0.229. The van der Waals surface area contributed by atoms with Crippen molar-refractivity contribution in [3.8, 4) is 0 Å². The Morgan fingerprint density at radius 2 is 2.04 bits per heavy atom. The van der Waals surface area contributed by atoms with Gasteiger partial charge < -0.3 is 9.88 Å². The van der Waals surface area contributed by atoms with Crippen LogP contribution < -0.4 is 0 Å². The van der Waals surface area contributed by atoms with Crippen LogP contribution in [0.2, 0.25) is 5.02 Å². The molecule has 0 saturated heterocycles. The predicted molar refractivity (Wildman–Crippen MR) is 107 cm³/mol. The molecule has 1 N–H and O–H groups in total. The molecule has 1 amide bonds. The Balaban J connectivity index is 1.48. The molecule has 0 bridgehead atoms. The molecule has 1 aliphatic heterocycles. The number of fused-ring (bicyclic) bond motifs is 3. The first kappa shape index (κ1) is 17.2. The fourth-order valence-electron chi connectivity index (χ4n) is 3.93.